The van der Waals surface area contributed by atoms with Crippen LogP contribution in [0.2, 0.25) is 0 Å². The van der Waals surface area contributed by atoms with Gasteiger partial charge in [-0.3, -0.25) is 4.90 Å². The van der Waals surface area contributed by atoms with E-state index in [-0.39, 0.29) is 31.4 Å². The van der Waals surface area contributed by atoms with Crippen LogP contribution in [0, 0.1) is 5.92 Å². The lowest BCUT2D eigenvalue weighted by Crippen LogP contribution is -2.51. The van der Waals surface area contributed by atoms with Gasteiger partial charge < -0.3 is 5.73 Å². The molecule has 2 fully saturated rings. The van der Waals surface area contributed by atoms with E-state index in [0.717, 1.165) is 12.8 Å². The summed E-state index contributed by atoms with van der Waals surface area (Å²) < 4.78 is 37.5. The summed E-state index contributed by atoms with van der Waals surface area (Å²) in [6.45, 7) is 0.791. The van der Waals surface area contributed by atoms with Crippen LogP contribution in [-0.4, -0.2) is 36.2 Å². The van der Waals surface area contributed by atoms with Crippen LogP contribution in [0.1, 0.15) is 19.3 Å². The third-order valence-electron chi connectivity index (χ3n) is 3.04. The lowest BCUT2D eigenvalue weighted by molar-refractivity contribution is -0.188. The van der Waals surface area contributed by atoms with Gasteiger partial charge in [-0.2, -0.15) is 13.2 Å². The van der Waals surface area contributed by atoms with Crippen LogP contribution < -0.4 is 5.73 Å². The summed E-state index contributed by atoms with van der Waals surface area (Å²) in [5.41, 5.74) is 5.64. The van der Waals surface area contributed by atoms with E-state index in [9.17, 15) is 13.2 Å². The van der Waals surface area contributed by atoms with E-state index in [2.05, 4.69) is 0 Å². The van der Waals surface area contributed by atoms with Crippen molar-refractivity contribution in [2.45, 2.75) is 37.5 Å². The molecule has 0 aromatic heterocycles. The SMILES string of the molecule is Cl.N[C@@H]1C[C@H](C(F)(F)F)CN(C2CC2)C1. The highest BCUT2D eigenvalue weighted by Crippen LogP contribution is 2.37. The number of likely N-dealkylation sites (tertiary alicyclic amines) is 1. The molecule has 0 amide bonds. The largest absolute Gasteiger partial charge is 0.393 e. The Labute approximate surface area is 93.4 Å². The minimum absolute atomic E-state index is 0. The Balaban J connectivity index is 0.00000112. The predicted octanol–water partition coefficient (Wildman–Crippen LogP) is 1.78. The van der Waals surface area contributed by atoms with E-state index in [0.29, 0.717) is 12.6 Å². The number of piperidine rings is 1. The average molecular weight is 245 g/mol. The minimum Gasteiger partial charge on any atom is -0.327 e. The first-order valence-corrected chi connectivity index (χ1v) is 5.03. The Morgan fingerprint density at radius 2 is 1.73 bits per heavy atom. The second-order valence-electron chi connectivity index (χ2n) is 4.42. The number of nitrogens with zero attached hydrogens (tertiary/aromatic N) is 1. The van der Waals surface area contributed by atoms with E-state index < -0.39 is 12.1 Å². The van der Waals surface area contributed by atoms with Crippen molar-refractivity contribution in [1.29, 1.82) is 0 Å². The Bertz CT molecular complexity index is 218. The van der Waals surface area contributed by atoms with Crippen LogP contribution in [0.3, 0.4) is 0 Å². The lowest BCUT2D eigenvalue weighted by atomic mass is 9.94. The summed E-state index contributed by atoms with van der Waals surface area (Å²) in [5, 5.41) is 0. The van der Waals surface area contributed by atoms with Gasteiger partial charge in [-0.1, -0.05) is 0 Å². The highest BCUT2D eigenvalue weighted by atomic mass is 35.5. The summed E-state index contributed by atoms with van der Waals surface area (Å²) in [4.78, 5) is 1.91. The fourth-order valence-electron chi connectivity index (χ4n) is 2.15. The maximum absolute atomic E-state index is 12.5. The van der Waals surface area contributed by atoms with Crippen molar-refractivity contribution >= 4 is 12.4 Å². The van der Waals surface area contributed by atoms with Crippen molar-refractivity contribution in [2.24, 2.45) is 11.7 Å². The van der Waals surface area contributed by atoms with Gasteiger partial charge in [-0.05, 0) is 19.3 Å². The monoisotopic (exact) mass is 244 g/mol. The molecule has 1 aliphatic carbocycles. The third kappa shape index (κ3) is 3.23. The number of hydrogen-bond acceptors (Lipinski definition) is 2. The molecule has 1 saturated heterocycles. The maximum atomic E-state index is 12.5. The van der Waals surface area contributed by atoms with E-state index in [1.54, 1.807) is 0 Å². The molecule has 6 heteroatoms. The van der Waals surface area contributed by atoms with Crippen molar-refractivity contribution in [3.05, 3.63) is 0 Å². The van der Waals surface area contributed by atoms with Gasteiger partial charge in [0, 0.05) is 25.2 Å². The van der Waals surface area contributed by atoms with Gasteiger partial charge >= 0.3 is 6.18 Å². The van der Waals surface area contributed by atoms with E-state index in [4.69, 9.17) is 5.73 Å². The first-order chi connectivity index (χ1) is 6.47. The van der Waals surface area contributed by atoms with Gasteiger partial charge in [-0.15, -0.1) is 12.4 Å². The van der Waals surface area contributed by atoms with Crippen molar-refractivity contribution < 1.29 is 13.2 Å². The van der Waals surface area contributed by atoms with Crippen molar-refractivity contribution in [3.63, 3.8) is 0 Å². The smallest absolute Gasteiger partial charge is 0.327 e. The lowest BCUT2D eigenvalue weighted by Gasteiger charge is -2.37. The summed E-state index contributed by atoms with van der Waals surface area (Å²) in [6, 6.07) is 0.0715. The first-order valence-electron chi connectivity index (χ1n) is 5.03. The van der Waals surface area contributed by atoms with Crippen LogP contribution in [-0.2, 0) is 0 Å². The van der Waals surface area contributed by atoms with Gasteiger partial charge in [0.1, 0.15) is 0 Å². The molecule has 0 aromatic rings. The molecular weight excluding hydrogens is 229 g/mol. The topological polar surface area (TPSA) is 29.3 Å². The van der Waals surface area contributed by atoms with Gasteiger partial charge in [0.2, 0.25) is 0 Å². The van der Waals surface area contributed by atoms with E-state index in [1.807, 2.05) is 4.90 Å². The molecule has 2 rings (SSSR count). The van der Waals surface area contributed by atoms with Crippen LogP contribution in [0.25, 0.3) is 0 Å². The number of alkyl halides is 3. The zero-order valence-corrected chi connectivity index (χ0v) is 9.15. The molecule has 90 valence electrons. The molecule has 1 aliphatic heterocycles. The molecule has 0 unspecified atom stereocenters. The average Bonchev–Trinajstić information content (AvgIpc) is 2.83. The van der Waals surface area contributed by atoms with Crippen LogP contribution >= 0.6 is 12.4 Å². The Morgan fingerprint density at radius 3 is 2.20 bits per heavy atom. The summed E-state index contributed by atoms with van der Waals surface area (Å²) in [6.07, 6.45) is -1.91. The number of halogens is 4. The fraction of sp³-hybridized carbons (Fsp3) is 1.00. The number of hydrogen-bond donors (Lipinski definition) is 1. The molecule has 0 aromatic carbocycles. The van der Waals surface area contributed by atoms with Crippen molar-refractivity contribution in [2.75, 3.05) is 13.1 Å². The number of nitrogens with two attached hydrogens (primary N) is 1. The maximum Gasteiger partial charge on any atom is 0.393 e. The van der Waals surface area contributed by atoms with E-state index >= 15 is 0 Å². The second-order valence-corrected chi connectivity index (χ2v) is 4.42. The Hall–Kier alpha value is -0.0000000000000000486. The molecule has 2 N–H and O–H groups in total. The zero-order valence-electron chi connectivity index (χ0n) is 8.33. The number of rotatable bonds is 1. The zero-order chi connectivity index (χ0) is 10.3. The van der Waals surface area contributed by atoms with Crippen LogP contribution in [0.5, 0.6) is 0 Å². The van der Waals surface area contributed by atoms with Gasteiger partial charge in [0.05, 0.1) is 5.92 Å². The summed E-state index contributed by atoms with van der Waals surface area (Å²) >= 11 is 0. The van der Waals surface area contributed by atoms with Crippen molar-refractivity contribution in [1.82, 2.24) is 4.90 Å². The fourth-order valence-corrected chi connectivity index (χ4v) is 2.15. The standard InChI is InChI=1S/C9H15F3N2.ClH/c10-9(11,12)6-3-7(13)5-14(4-6)8-1-2-8;/h6-8H,1-5,13H2;1H/t6-,7+;/m0./s1. The molecule has 2 nitrogen and oxygen atoms in total. The quantitative estimate of drug-likeness (QED) is 0.762. The molecule has 0 bridgehead atoms. The summed E-state index contributed by atoms with van der Waals surface area (Å²) in [7, 11) is 0. The minimum atomic E-state index is -4.08. The molecule has 0 spiro atoms. The van der Waals surface area contributed by atoms with E-state index in [1.165, 1.54) is 0 Å². The van der Waals surface area contributed by atoms with Gasteiger partial charge in [0.25, 0.3) is 0 Å². The van der Waals surface area contributed by atoms with Crippen LogP contribution in [0.4, 0.5) is 13.2 Å². The Kier molecular flexibility index (Phi) is 3.90. The van der Waals surface area contributed by atoms with Gasteiger partial charge in [0.15, 0.2) is 0 Å². The normalized spacial score (nSPS) is 33.6. The molecular formula is C9H16ClF3N2. The van der Waals surface area contributed by atoms with Crippen molar-refractivity contribution in [3.8, 4) is 0 Å². The highest BCUT2D eigenvalue weighted by Gasteiger charge is 2.46. The Morgan fingerprint density at radius 1 is 1.13 bits per heavy atom. The molecule has 2 atom stereocenters. The second kappa shape index (κ2) is 4.47. The predicted molar refractivity (Wildman–Crippen MR) is 54.0 cm³/mol. The van der Waals surface area contributed by atoms with Crippen LogP contribution in [0.15, 0.2) is 0 Å². The first kappa shape index (κ1) is 13.1. The summed E-state index contributed by atoms with van der Waals surface area (Å²) in [5.74, 6) is -1.22. The molecule has 1 heterocycles. The highest BCUT2D eigenvalue weighted by molar-refractivity contribution is 5.85. The molecule has 0 radical (unpaired) electrons. The van der Waals surface area contributed by atoms with Gasteiger partial charge in [-0.25, -0.2) is 0 Å². The molecule has 2 aliphatic rings. The third-order valence-corrected chi connectivity index (χ3v) is 3.04. The molecule has 1 saturated carbocycles. The molecule has 15 heavy (non-hydrogen) atoms.